The third-order valence-corrected chi connectivity index (χ3v) is 2.01. The SMILES string of the molecule is COc1cc(C)nc(N(CC(=O)O)CC(F)(F)F)n1. The van der Waals surface area contributed by atoms with Gasteiger partial charge in [-0.1, -0.05) is 0 Å². The Bertz CT molecular complexity index is 465. The van der Waals surface area contributed by atoms with Crippen molar-refractivity contribution in [3.63, 3.8) is 0 Å². The lowest BCUT2D eigenvalue weighted by Crippen LogP contribution is -2.39. The molecule has 19 heavy (non-hydrogen) atoms. The Kier molecular flexibility index (Phi) is 4.52. The van der Waals surface area contributed by atoms with E-state index < -0.39 is 25.2 Å². The average molecular weight is 279 g/mol. The largest absolute Gasteiger partial charge is 0.481 e. The normalized spacial score (nSPS) is 11.2. The molecular formula is C10H12F3N3O3. The molecule has 0 bridgehead atoms. The van der Waals surface area contributed by atoms with E-state index in [0.717, 1.165) is 0 Å². The number of rotatable bonds is 5. The maximum atomic E-state index is 12.4. The Morgan fingerprint density at radius 1 is 1.47 bits per heavy atom. The van der Waals surface area contributed by atoms with E-state index in [1.807, 2.05) is 0 Å². The molecular weight excluding hydrogens is 267 g/mol. The summed E-state index contributed by atoms with van der Waals surface area (Å²) < 4.78 is 42.0. The van der Waals surface area contributed by atoms with Crippen LogP contribution in [0.1, 0.15) is 5.69 Å². The number of carbonyl (C=O) groups is 1. The number of methoxy groups -OCH3 is 1. The van der Waals surface area contributed by atoms with Crippen molar-refractivity contribution in [3.05, 3.63) is 11.8 Å². The predicted molar refractivity (Wildman–Crippen MR) is 59.2 cm³/mol. The summed E-state index contributed by atoms with van der Waals surface area (Å²) in [5.41, 5.74) is 0.374. The van der Waals surface area contributed by atoms with Crippen molar-refractivity contribution < 1.29 is 27.8 Å². The van der Waals surface area contributed by atoms with E-state index in [9.17, 15) is 18.0 Å². The summed E-state index contributed by atoms with van der Waals surface area (Å²) in [5, 5.41) is 8.64. The highest BCUT2D eigenvalue weighted by Gasteiger charge is 2.33. The van der Waals surface area contributed by atoms with Gasteiger partial charge in [0.05, 0.1) is 7.11 Å². The number of carboxylic acid groups (broad SMARTS) is 1. The summed E-state index contributed by atoms with van der Waals surface area (Å²) in [6, 6.07) is 1.43. The third-order valence-electron chi connectivity index (χ3n) is 2.01. The van der Waals surface area contributed by atoms with Crippen LogP contribution in [0.5, 0.6) is 5.88 Å². The van der Waals surface area contributed by atoms with Crippen LogP contribution in [0.4, 0.5) is 19.1 Å². The number of hydrogen-bond donors (Lipinski definition) is 1. The van der Waals surface area contributed by atoms with Gasteiger partial charge in [-0.25, -0.2) is 4.98 Å². The standard InChI is InChI=1S/C10H12F3N3O3/c1-6-3-7(19-2)15-9(14-6)16(4-8(17)18)5-10(11,12)13/h3H,4-5H2,1-2H3,(H,17,18). The number of hydrogen-bond acceptors (Lipinski definition) is 5. The Morgan fingerprint density at radius 3 is 2.58 bits per heavy atom. The Labute approximate surface area is 106 Å². The first kappa shape index (κ1) is 15.0. The molecule has 1 rings (SSSR count). The number of aromatic nitrogens is 2. The van der Waals surface area contributed by atoms with Gasteiger partial charge in [0.2, 0.25) is 11.8 Å². The van der Waals surface area contributed by atoms with Crippen molar-refractivity contribution in [2.24, 2.45) is 0 Å². The summed E-state index contributed by atoms with van der Waals surface area (Å²) in [7, 11) is 1.30. The van der Waals surface area contributed by atoms with Crippen LogP contribution in [0.25, 0.3) is 0 Å². The number of aryl methyl sites for hydroxylation is 1. The molecule has 1 N–H and O–H groups in total. The van der Waals surface area contributed by atoms with Crippen molar-refractivity contribution in [3.8, 4) is 5.88 Å². The molecule has 0 aliphatic rings. The van der Waals surface area contributed by atoms with Gasteiger partial charge in [-0.2, -0.15) is 18.2 Å². The van der Waals surface area contributed by atoms with Gasteiger partial charge in [0.25, 0.3) is 0 Å². The van der Waals surface area contributed by atoms with E-state index in [2.05, 4.69) is 9.97 Å². The average Bonchev–Trinajstić information content (AvgIpc) is 2.24. The van der Waals surface area contributed by atoms with Crippen LogP contribution in [0.15, 0.2) is 6.07 Å². The molecule has 0 amide bonds. The number of nitrogens with zero attached hydrogens (tertiary/aromatic N) is 3. The van der Waals surface area contributed by atoms with Gasteiger partial charge in [0.15, 0.2) is 0 Å². The first-order valence-electron chi connectivity index (χ1n) is 5.14. The molecule has 106 valence electrons. The molecule has 0 aliphatic heterocycles. The van der Waals surface area contributed by atoms with Gasteiger partial charge in [0, 0.05) is 11.8 Å². The summed E-state index contributed by atoms with van der Waals surface area (Å²) in [6.07, 6.45) is -4.56. The highest BCUT2D eigenvalue weighted by Crippen LogP contribution is 2.21. The van der Waals surface area contributed by atoms with Gasteiger partial charge in [-0.15, -0.1) is 0 Å². The Balaban J connectivity index is 3.09. The van der Waals surface area contributed by atoms with Gasteiger partial charge >= 0.3 is 12.1 Å². The highest BCUT2D eigenvalue weighted by molar-refractivity contribution is 5.72. The predicted octanol–water partition coefficient (Wildman–Crippen LogP) is 1.25. The Hall–Kier alpha value is -2.06. The van der Waals surface area contributed by atoms with E-state index in [4.69, 9.17) is 9.84 Å². The van der Waals surface area contributed by atoms with Gasteiger partial charge in [-0.05, 0) is 6.92 Å². The highest BCUT2D eigenvalue weighted by atomic mass is 19.4. The van der Waals surface area contributed by atoms with Crippen LogP contribution in [-0.4, -0.2) is 47.4 Å². The van der Waals surface area contributed by atoms with E-state index >= 15 is 0 Å². The van der Waals surface area contributed by atoms with Gasteiger partial charge in [0.1, 0.15) is 13.1 Å². The fraction of sp³-hybridized carbons (Fsp3) is 0.500. The van der Waals surface area contributed by atoms with E-state index in [0.29, 0.717) is 10.6 Å². The molecule has 0 atom stereocenters. The van der Waals surface area contributed by atoms with E-state index in [1.54, 1.807) is 6.92 Å². The molecule has 0 aromatic carbocycles. The fourth-order valence-corrected chi connectivity index (χ4v) is 1.35. The molecule has 0 saturated carbocycles. The molecule has 0 radical (unpaired) electrons. The number of alkyl halides is 3. The second-order valence-corrected chi connectivity index (χ2v) is 3.72. The van der Waals surface area contributed by atoms with Gasteiger partial charge < -0.3 is 14.7 Å². The maximum absolute atomic E-state index is 12.4. The van der Waals surface area contributed by atoms with Crippen LogP contribution in [0, 0.1) is 6.92 Å². The third kappa shape index (κ3) is 4.98. The summed E-state index contributed by atoms with van der Waals surface area (Å²) >= 11 is 0. The van der Waals surface area contributed by atoms with Crippen LogP contribution < -0.4 is 9.64 Å². The molecule has 0 fully saturated rings. The second kappa shape index (κ2) is 5.72. The molecule has 0 unspecified atom stereocenters. The lowest BCUT2D eigenvalue weighted by molar-refractivity contribution is -0.136. The fourth-order valence-electron chi connectivity index (χ4n) is 1.35. The number of halogens is 3. The molecule has 0 aliphatic carbocycles. The molecule has 6 nitrogen and oxygen atoms in total. The first-order chi connectivity index (χ1) is 8.71. The summed E-state index contributed by atoms with van der Waals surface area (Å²) in [5.74, 6) is -1.68. The smallest absolute Gasteiger partial charge is 0.406 e. The minimum absolute atomic E-state index is 0.0695. The minimum atomic E-state index is -4.56. The summed E-state index contributed by atoms with van der Waals surface area (Å²) in [6.45, 7) is -0.766. The number of anilines is 1. The zero-order valence-corrected chi connectivity index (χ0v) is 10.2. The van der Waals surface area contributed by atoms with Crippen molar-refractivity contribution in [1.82, 2.24) is 9.97 Å². The maximum Gasteiger partial charge on any atom is 0.406 e. The van der Waals surface area contributed by atoms with Crippen molar-refractivity contribution in [1.29, 1.82) is 0 Å². The topological polar surface area (TPSA) is 75.5 Å². The van der Waals surface area contributed by atoms with Crippen molar-refractivity contribution in [2.45, 2.75) is 13.1 Å². The summed E-state index contributed by atoms with van der Waals surface area (Å²) in [4.78, 5) is 18.6. The monoisotopic (exact) mass is 279 g/mol. The van der Waals surface area contributed by atoms with E-state index in [-0.39, 0.29) is 11.8 Å². The van der Waals surface area contributed by atoms with Crippen LogP contribution in [0.3, 0.4) is 0 Å². The van der Waals surface area contributed by atoms with E-state index in [1.165, 1.54) is 13.2 Å². The molecule has 1 heterocycles. The quantitative estimate of drug-likeness (QED) is 0.874. The second-order valence-electron chi connectivity index (χ2n) is 3.72. The van der Waals surface area contributed by atoms with Crippen LogP contribution >= 0.6 is 0 Å². The lowest BCUT2D eigenvalue weighted by atomic mass is 10.4. The molecule has 1 aromatic rings. The first-order valence-corrected chi connectivity index (χ1v) is 5.14. The molecule has 1 aromatic heterocycles. The lowest BCUT2D eigenvalue weighted by Gasteiger charge is -2.22. The number of ether oxygens (including phenoxy) is 1. The molecule has 9 heteroatoms. The van der Waals surface area contributed by atoms with Gasteiger partial charge in [-0.3, -0.25) is 4.79 Å². The minimum Gasteiger partial charge on any atom is -0.481 e. The molecule has 0 saturated heterocycles. The number of carboxylic acids is 1. The number of aliphatic carboxylic acids is 1. The van der Waals surface area contributed by atoms with Crippen molar-refractivity contribution in [2.75, 3.05) is 25.1 Å². The van der Waals surface area contributed by atoms with Crippen LogP contribution in [-0.2, 0) is 4.79 Å². The van der Waals surface area contributed by atoms with Crippen LogP contribution in [0.2, 0.25) is 0 Å². The van der Waals surface area contributed by atoms with Crippen molar-refractivity contribution >= 4 is 11.9 Å². The molecule has 0 spiro atoms. The zero-order valence-electron chi connectivity index (χ0n) is 10.2. The zero-order chi connectivity index (χ0) is 14.6. The Morgan fingerprint density at radius 2 is 2.11 bits per heavy atom.